The number of nitrogens with zero attached hydrogens (tertiary/aromatic N) is 1. The van der Waals surface area contributed by atoms with Gasteiger partial charge >= 0.3 is 0 Å². The van der Waals surface area contributed by atoms with Gasteiger partial charge in [-0.2, -0.15) is 0 Å². The SMILES string of the molecule is Nc1nc(-c2cc(Nc3ccc(Cl)cc3CF)ccc2O)ccc1CNC(=O)C1CCC1. The highest BCUT2D eigenvalue weighted by molar-refractivity contribution is 6.30. The second kappa shape index (κ2) is 9.44. The molecule has 32 heavy (non-hydrogen) atoms. The summed E-state index contributed by atoms with van der Waals surface area (Å²) in [4.78, 5) is 16.5. The van der Waals surface area contributed by atoms with Crippen molar-refractivity contribution >= 4 is 34.7 Å². The molecule has 0 unspecified atom stereocenters. The number of alkyl halides is 1. The van der Waals surface area contributed by atoms with E-state index in [0.29, 0.717) is 45.3 Å². The lowest BCUT2D eigenvalue weighted by Crippen LogP contribution is -2.34. The van der Waals surface area contributed by atoms with Crippen molar-refractivity contribution in [3.63, 3.8) is 0 Å². The van der Waals surface area contributed by atoms with E-state index in [4.69, 9.17) is 17.3 Å². The summed E-state index contributed by atoms with van der Waals surface area (Å²) in [5, 5.41) is 16.9. The topological polar surface area (TPSA) is 100 Å². The Bertz CT molecular complexity index is 1150. The van der Waals surface area contributed by atoms with Crippen LogP contribution in [0.2, 0.25) is 5.02 Å². The number of nitrogens with one attached hydrogen (secondary N) is 2. The molecule has 1 saturated carbocycles. The Morgan fingerprint density at radius 2 is 1.97 bits per heavy atom. The number of carbonyl (C=O) groups excluding carboxylic acids is 1. The van der Waals surface area contributed by atoms with Crippen molar-refractivity contribution in [3.05, 3.63) is 64.7 Å². The normalized spacial score (nSPS) is 13.4. The quantitative estimate of drug-likeness (QED) is 0.362. The maximum Gasteiger partial charge on any atom is 0.223 e. The molecule has 1 amide bonds. The third-order valence-corrected chi connectivity index (χ3v) is 5.94. The first-order valence-electron chi connectivity index (χ1n) is 10.4. The zero-order chi connectivity index (χ0) is 22.7. The summed E-state index contributed by atoms with van der Waals surface area (Å²) in [6.45, 7) is -0.352. The summed E-state index contributed by atoms with van der Waals surface area (Å²) in [6.07, 6.45) is 2.97. The fourth-order valence-electron chi connectivity index (χ4n) is 3.57. The van der Waals surface area contributed by atoms with Gasteiger partial charge in [-0.25, -0.2) is 9.37 Å². The lowest BCUT2D eigenvalue weighted by atomic mass is 9.85. The number of aromatic hydroxyl groups is 1. The summed E-state index contributed by atoms with van der Waals surface area (Å²) in [6, 6.07) is 13.4. The first-order valence-corrected chi connectivity index (χ1v) is 10.8. The van der Waals surface area contributed by atoms with Gasteiger partial charge in [0.15, 0.2) is 0 Å². The fourth-order valence-corrected chi connectivity index (χ4v) is 3.76. The molecule has 1 aliphatic rings. The fraction of sp³-hybridized carbons (Fsp3) is 0.250. The van der Waals surface area contributed by atoms with Gasteiger partial charge < -0.3 is 21.5 Å². The summed E-state index contributed by atoms with van der Waals surface area (Å²) < 4.78 is 13.4. The summed E-state index contributed by atoms with van der Waals surface area (Å²) in [5.74, 6) is 0.474. The zero-order valence-corrected chi connectivity index (χ0v) is 18.1. The lowest BCUT2D eigenvalue weighted by Gasteiger charge is -2.24. The predicted molar refractivity (Wildman–Crippen MR) is 124 cm³/mol. The number of hydrogen-bond acceptors (Lipinski definition) is 5. The molecule has 8 heteroatoms. The largest absolute Gasteiger partial charge is 0.507 e. The van der Waals surface area contributed by atoms with Crippen molar-refractivity contribution in [2.24, 2.45) is 5.92 Å². The number of phenolic OH excluding ortho intramolecular Hbond substituents is 1. The van der Waals surface area contributed by atoms with E-state index in [-0.39, 0.29) is 23.4 Å². The molecule has 1 aromatic heterocycles. The van der Waals surface area contributed by atoms with E-state index >= 15 is 0 Å². The predicted octanol–water partition coefficient (Wildman–Crippen LogP) is 5.32. The number of nitrogens with two attached hydrogens (primary N) is 1. The Labute approximate surface area is 190 Å². The van der Waals surface area contributed by atoms with Crippen LogP contribution < -0.4 is 16.4 Å². The highest BCUT2D eigenvalue weighted by Gasteiger charge is 2.24. The number of halogens is 2. The van der Waals surface area contributed by atoms with E-state index < -0.39 is 6.67 Å². The van der Waals surface area contributed by atoms with Crippen LogP contribution in [0.15, 0.2) is 48.5 Å². The van der Waals surface area contributed by atoms with Gasteiger partial charge in [0.1, 0.15) is 18.2 Å². The van der Waals surface area contributed by atoms with Crippen molar-refractivity contribution in [1.82, 2.24) is 10.3 Å². The molecule has 5 N–H and O–H groups in total. The molecule has 0 aliphatic heterocycles. The molecule has 4 rings (SSSR count). The minimum Gasteiger partial charge on any atom is -0.507 e. The van der Waals surface area contributed by atoms with Crippen LogP contribution in [0.1, 0.15) is 30.4 Å². The Kier molecular flexibility index (Phi) is 6.46. The number of nitrogen functional groups attached to an aromatic ring is 1. The van der Waals surface area contributed by atoms with Crippen LogP contribution in [0.25, 0.3) is 11.3 Å². The summed E-state index contributed by atoms with van der Waals surface area (Å²) in [7, 11) is 0. The summed E-state index contributed by atoms with van der Waals surface area (Å²) in [5.41, 5.74) is 9.45. The average Bonchev–Trinajstić information content (AvgIpc) is 2.74. The highest BCUT2D eigenvalue weighted by Crippen LogP contribution is 2.34. The molecule has 6 nitrogen and oxygen atoms in total. The molecule has 166 valence electrons. The van der Waals surface area contributed by atoms with Gasteiger partial charge in [0.05, 0.1) is 5.69 Å². The van der Waals surface area contributed by atoms with Crippen LogP contribution in [-0.4, -0.2) is 16.0 Å². The lowest BCUT2D eigenvalue weighted by molar-refractivity contribution is -0.127. The minimum atomic E-state index is -0.662. The Morgan fingerprint density at radius 1 is 1.16 bits per heavy atom. The number of aromatic nitrogens is 1. The highest BCUT2D eigenvalue weighted by atomic mass is 35.5. The van der Waals surface area contributed by atoms with Crippen molar-refractivity contribution in [1.29, 1.82) is 0 Å². The monoisotopic (exact) mass is 454 g/mol. The molecule has 0 spiro atoms. The molecule has 1 fully saturated rings. The molecule has 0 saturated heterocycles. The Hall–Kier alpha value is -3.32. The zero-order valence-electron chi connectivity index (χ0n) is 17.4. The van der Waals surface area contributed by atoms with Crippen LogP contribution >= 0.6 is 11.6 Å². The van der Waals surface area contributed by atoms with Crippen molar-refractivity contribution in [3.8, 4) is 17.0 Å². The summed E-state index contributed by atoms with van der Waals surface area (Å²) >= 11 is 5.95. The molecule has 0 radical (unpaired) electrons. The molecule has 0 atom stereocenters. The van der Waals surface area contributed by atoms with Crippen LogP contribution in [0.4, 0.5) is 21.6 Å². The smallest absolute Gasteiger partial charge is 0.223 e. The van der Waals surface area contributed by atoms with Gasteiger partial charge in [-0.1, -0.05) is 24.1 Å². The van der Waals surface area contributed by atoms with Gasteiger partial charge in [-0.15, -0.1) is 0 Å². The number of pyridine rings is 1. The second-order valence-electron chi connectivity index (χ2n) is 7.88. The van der Waals surface area contributed by atoms with E-state index in [1.54, 1.807) is 42.5 Å². The van der Waals surface area contributed by atoms with Crippen molar-refractivity contribution < 1.29 is 14.3 Å². The van der Waals surface area contributed by atoms with Gasteiger partial charge in [0.25, 0.3) is 0 Å². The molecule has 1 heterocycles. The maximum absolute atomic E-state index is 13.4. The second-order valence-corrected chi connectivity index (χ2v) is 8.31. The van der Waals surface area contributed by atoms with Crippen LogP contribution in [0.5, 0.6) is 5.75 Å². The van der Waals surface area contributed by atoms with E-state index in [0.717, 1.165) is 19.3 Å². The van der Waals surface area contributed by atoms with E-state index in [1.165, 1.54) is 6.07 Å². The van der Waals surface area contributed by atoms with E-state index in [2.05, 4.69) is 15.6 Å². The van der Waals surface area contributed by atoms with Gasteiger partial charge in [0, 0.05) is 45.6 Å². The van der Waals surface area contributed by atoms with Gasteiger partial charge in [-0.05, 0) is 55.3 Å². The molecule has 1 aliphatic carbocycles. The molecule has 2 aromatic carbocycles. The number of hydrogen-bond donors (Lipinski definition) is 4. The molecule has 3 aromatic rings. The third-order valence-electron chi connectivity index (χ3n) is 5.70. The Morgan fingerprint density at radius 3 is 2.66 bits per heavy atom. The van der Waals surface area contributed by atoms with Gasteiger partial charge in [0.2, 0.25) is 5.91 Å². The number of rotatable bonds is 7. The van der Waals surface area contributed by atoms with Gasteiger partial charge in [-0.3, -0.25) is 4.79 Å². The minimum absolute atomic E-state index is 0.0373. The van der Waals surface area contributed by atoms with Crippen LogP contribution in [0, 0.1) is 5.92 Å². The molecule has 0 bridgehead atoms. The van der Waals surface area contributed by atoms with Crippen LogP contribution in [-0.2, 0) is 18.0 Å². The number of phenols is 1. The third kappa shape index (κ3) is 4.78. The number of anilines is 3. The standard InChI is InChI=1S/C24H24ClFN4O2/c25-17-5-8-20(16(10-17)12-26)29-18-6-9-22(31)19(11-18)21-7-4-15(23(27)30-21)13-28-24(32)14-2-1-3-14/h4-11,14,29,31H,1-3,12-13H2,(H2,27,30)(H,28,32). The first kappa shape index (κ1) is 21.9. The molecular weight excluding hydrogens is 431 g/mol. The van der Waals surface area contributed by atoms with E-state index in [9.17, 15) is 14.3 Å². The maximum atomic E-state index is 13.4. The molecular formula is C24H24ClFN4O2. The average molecular weight is 455 g/mol. The van der Waals surface area contributed by atoms with Crippen molar-refractivity contribution in [2.75, 3.05) is 11.1 Å². The number of benzene rings is 2. The number of amides is 1. The van der Waals surface area contributed by atoms with Crippen LogP contribution in [0.3, 0.4) is 0 Å². The van der Waals surface area contributed by atoms with E-state index in [1.807, 2.05) is 0 Å². The Balaban J connectivity index is 1.53. The van der Waals surface area contributed by atoms with Crippen molar-refractivity contribution in [2.45, 2.75) is 32.5 Å². The first-order chi connectivity index (χ1) is 15.4. The number of carbonyl (C=O) groups is 1.